The molecule has 1 N–H and O–H groups in total. The standard InChI is InChI=1S/C21H18N2O4S/c1-25-17-9-14(10-18(26-2)20(17)27-3)19(24)16-11-28-21(23-16)13-4-5-15-12(8-13)6-7-22-15/h4-11,22H,1-3H3. The van der Waals surface area contributed by atoms with E-state index in [1.165, 1.54) is 32.7 Å². The van der Waals surface area contributed by atoms with Crippen LogP contribution in [0.2, 0.25) is 0 Å². The highest BCUT2D eigenvalue weighted by Gasteiger charge is 2.20. The smallest absolute Gasteiger partial charge is 0.212 e. The lowest BCUT2D eigenvalue weighted by molar-refractivity contribution is 0.103. The number of carbonyl (C=O) groups excluding carboxylic acids is 1. The van der Waals surface area contributed by atoms with Crippen LogP contribution in [0.15, 0.2) is 48.0 Å². The molecule has 28 heavy (non-hydrogen) atoms. The summed E-state index contributed by atoms with van der Waals surface area (Å²) >= 11 is 1.44. The van der Waals surface area contributed by atoms with E-state index < -0.39 is 0 Å². The normalized spacial score (nSPS) is 10.8. The van der Waals surface area contributed by atoms with E-state index in [0.29, 0.717) is 28.5 Å². The Hall–Kier alpha value is -3.32. The molecule has 0 saturated carbocycles. The monoisotopic (exact) mass is 394 g/mol. The van der Waals surface area contributed by atoms with Crippen molar-refractivity contribution in [3.8, 4) is 27.8 Å². The molecule has 2 aromatic heterocycles. The molecule has 0 aliphatic carbocycles. The highest BCUT2D eigenvalue weighted by Crippen LogP contribution is 2.39. The number of hydrogen-bond acceptors (Lipinski definition) is 6. The molecular weight excluding hydrogens is 376 g/mol. The highest BCUT2D eigenvalue weighted by molar-refractivity contribution is 7.13. The fourth-order valence-corrected chi connectivity index (χ4v) is 3.85. The first-order valence-corrected chi connectivity index (χ1v) is 9.40. The lowest BCUT2D eigenvalue weighted by Gasteiger charge is -2.13. The van der Waals surface area contributed by atoms with Crippen LogP contribution in [-0.2, 0) is 0 Å². The molecular formula is C21H18N2O4S. The molecule has 142 valence electrons. The van der Waals surface area contributed by atoms with Gasteiger partial charge in [-0.2, -0.15) is 0 Å². The number of nitrogens with one attached hydrogen (secondary N) is 1. The second kappa shape index (κ2) is 7.36. The zero-order chi connectivity index (χ0) is 19.7. The third-order valence-corrected chi connectivity index (χ3v) is 5.36. The van der Waals surface area contributed by atoms with Gasteiger partial charge < -0.3 is 19.2 Å². The third kappa shape index (κ3) is 3.10. The first-order chi connectivity index (χ1) is 13.6. The van der Waals surface area contributed by atoms with Crippen molar-refractivity contribution in [1.82, 2.24) is 9.97 Å². The number of thiazole rings is 1. The molecule has 2 heterocycles. The van der Waals surface area contributed by atoms with E-state index >= 15 is 0 Å². The maximum atomic E-state index is 13.0. The number of aromatic nitrogens is 2. The minimum atomic E-state index is -0.204. The average Bonchev–Trinajstić information content (AvgIpc) is 3.40. The molecule has 0 fully saturated rings. The van der Waals surface area contributed by atoms with Crippen LogP contribution in [0.3, 0.4) is 0 Å². The summed E-state index contributed by atoms with van der Waals surface area (Å²) in [6.45, 7) is 0. The second-order valence-electron chi connectivity index (χ2n) is 6.06. The Morgan fingerprint density at radius 1 is 1.00 bits per heavy atom. The first kappa shape index (κ1) is 18.1. The van der Waals surface area contributed by atoms with Gasteiger partial charge in [-0.25, -0.2) is 4.98 Å². The van der Waals surface area contributed by atoms with Gasteiger partial charge in [0.2, 0.25) is 11.5 Å². The van der Waals surface area contributed by atoms with Crippen LogP contribution in [0.25, 0.3) is 21.5 Å². The molecule has 0 amide bonds. The number of ether oxygens (including phenoxy) is 3. The molecule has 0 unspecified atom stereocenters. The molecule has 0 atom stereocenters. The Bertz CT molecular complexity index is 1140. The van der Waals surface area contributed by atoms with Gasteiger partial charge in [0, 0.05) is 33.6 Å². The molecule has 0 bridgehead atoms. The molecule has 4 rings (SSSR count). The van der Waals surface area contributed by atoms with Gasteiger partial charge in [0.15, 0.2) is 11.5 Å². The van der Waals surface area contributed by atoms with Crippen LogP contribution < -0.4 is 14.2 Å². The SMILES string of the molecule is COc1cc(C(=O)c2csc(-c3ccc4[nH]ccc4c3)n2)cc(OC)c1OC. The van der Waals surface area contributed by atoms with Gasteiger partial charge in [0.05, 0.1) is 21.3 Å². The number of carbonyl (C=O) groups is 1. The van der Waals surface area contributed by atoms with Crippen molar-refractivity contribution in [1.29, 1.82) is 0 Å². The van der Waals surface area contributed by atoms with E-state index in [1.807, 2.05) is 24.4 Å². The zero-order valence-corrected chi connectivity index (χ0v) is 16.4. The van der Waals surface area contributed by atoms with Crippen molar-refractivity contribution in [3.63, 3.8) is 0 Å². The zero-order valence-electron chi connectivity index (χ0n) is 15.6. The van der Waals surface area contributed by atoms with Crippen molar-refractivity contribution in [3.05, 3.63) is 59.2 Å². The Kier molecular flexibility index (Phi) is 4.75. The number of benzene rings is 2. The Balaban J connectivity index is 1.69. The predicted octanol–water partition coefficient (Wildman–Crippen LogP) is 4.55. The minimum Gasteiger partial charge on any atom is -0.493 e. The molecule has 4 aromatic rings. The fourth-order valence-electron chi connectivity index (χ4n) is 3.06. The maximum absolute atomic E-state index is 13.0. The number of fused-ring (bicyclic) bond motifs is 1. The van der Waals surface area contributed by atoms with E-state index in [1.54, 1.807) is 17.5 Å². The molecule has 0 radical (unpaired) electrons. The lowest BCUT2D eigenvalue weighted by atomic mass is 10.1. The van der Waals surface area contributed by atoms with E-state index in [2.05, 4.69) is 16.0 Å². The van der Waals surface area contributed by atoms with Gasteiger partial charge in [0.25, 0.3) is 0 Å². The van der Waals surface area contributed by atoms with Crippen LogP contribution in [0.5, 0.6) is 17.2 Å². The number of hydrogen-bond donors (Lipinski definition) is 1. The summed E-state index contributed by atoms with van der Waals surface area (Å²) < 4.78 is 16.0. The summed E-state index contributed by atoms with van der Waals surface area (Å²) in [7, 11) is 4.56. The molecule has 0 aliphatic heterocycles. The Morgan fingerprint density at radius 3 is 2.43 bits per heavy atom. The third-order valence-electron chi connectivity index (χ3n) is 4.46. The van der Waals surface area contributed by atoms with Crippen LogP contribution >= 0.6 is 11.3 Å². The van der Waals surface area contributed by atoms with Crippen molar-refractivity contribution in [2.45, 2.75) is 0 Å². The molecule has 0 saturated heterocycles. The Labute approximate surface area is 165 Å². The largest absolute Gasteiger partial charge is 0.493 e. The summed E-state index contributed by atoms with van der Waals surface area (Å²) in [5.41, 5.74) is 2.84. The summed E-state index contributed by atoms with van der Waals surface area (Å²) in [5.74, 6) is 1.10. The number of aromatic amines is 1. The van der Waals surface area contributed by atoms with E-state index in [9.17, 15) is 4.79 Å². The summed E-state index contributed by atoms with van der Waals surface area (Å²) in [6.07, 6.45) is 1.90. The average molecular weight is 394 g/mol. The number of ketones is 1. The van der Waals surface area contributed by atoms with Gasteiger partial charge in [-0.05, 0) is 36.4 Å². The first-order valence-electron chi connectivity index (χ1n) is 8.52. The van der Waals surface area contributed by atoms with Crippen LogP contribution in [0.4, 0.5) is 0 Å². The van der Waals surface area contributed by atoms with Crippen molar-refractivity contribution >= 4 is 28.0 Å². The summed E-state index contributed by atoms with van der Waals surface area (Å²) in [6, 6.07) is 11.3. The van der Waals surface area contributed by atoms with Crippen LogP contribution in [-0.4, -0.2) is 37.1 Å². The van der Waals surface area contributed by atoms with Crippen molar-refractivity contribution in [2.24, 2.45) is 0 Å². The van der Waals surface area contributed by atoms with Gasteiger partial charge in [-0.15, -0.1) is 11.3 Å². The van der Waals surface area contributed by atoms with E-state index in [4.69, 9.17) is 14.2 Å². The van der Waals surface area contributed by atoms with Gasteiger partial charge in [0.1, 0.15) is 10.7 Å². The van der Waals surface area contributed by atoms with Gasteiger partial charge in [-0.3, -0.25) is 4.79 Å². The van der Waals surface area contributed by atoms with Crippen LogP contribution in [0.1, 0.15) is 16.1 Å². The molecule has 0 spiro atoms. The number of methoxy groups -OCH3 is 3. The fraction of sp³-hybridized carbons (Fsp3) is 0.143. The number of H-pyrrole nitrogens is 1. The van der Waals surface area contributed by atoms with Gasteiger partial charge in [-0.1, -0.05) is 0 Å². The van der Waals surface area contributed by atoms with Crippen molar-refractivity contribution in [2.75, 3.05) is 21.3 Å². The Morgan fingerprint density at radius 2 is 1.75 bits per heavy atom. The number of rotatable bonds is 6. The van der Waals surface area contributed by atoms with E-state index in [0.717, 1.165) is 21.5 Å². The predicted molar refractivity (Wildman–Crippen MR) is 109 cm³/mol. The van der Waals surface area contributed by atoms with Crippen molar-refractivity contribution < 1.29 is 19.0 Å². The summed E-state index contributed by atoms with van der Waals surface area (Å²) in [4.78, 5) is 20.7. The molecule has 7 heteroatoms. The number of nitrogens with zero attached hydrogens (tertiary/aromatic N) is 1. The lowest BCUT2D eigenvalue weighted by Crippen LogP contribution is -2.04. The van der Waals surface area contributed by atoms with Crippen LogP contribution in [0, 0.1) is 0 Å². The molecule has 6 nitrogen and oxygen atoms in total. The van der Waals surface area contributed by atoms with Gasteiger partial charge >= 0.3 is 0 Å². The highest BCUT2D eigenvalue weighted by atomic mass is 32.1. The quantitative estimate of drug-likeness (QED) is 0.486. The van der Waals surface area contributed by atoms with E-state index in [-0.39, 0.29) is 5.78 Å². The summed E-state index contributed by atoms with van der Waals surface area (Å²) in [5, 5.41) is 3.66. The molecule has 0 aliphatic rings. The molecule has 2 aromatic carbocycles. The minimum absolute atomic E-state index is 0.204. The maximum Gasteiger partial charge on any atom is 0.212 e. The second-order valence-corrected chi connectivity index (χ2v) is 6.92. The topological polar surface area (TPSA) is 73.4 Å².